The molecular weight excluding hydrogens is 423 g/mol. The van der Waals surface area contributed by atoms with E-state index < -0.39 is 0 Å². The number of aromatic nitrogens is 1. The fourth-order valence-electron chi connectivity index (χ4n) is 2.68. The second-order valence-electron chi connectivity index (χ2n) is 5.76. The first kappa shape index (κ1) is 18.1. The third kappa shape index (κ3) is 4.88. The quantitative estimate of drug-likeness (QED) is 0.430. The summed E-state index contributed by atoms with van der Waals surface area (Å²) < 4.78 is 2.04. The number of benzene rings is 1. The lowest BCUT2D eigenvalue weighted by molar-refractivity contribution is 0.788. The molecule has 0 spiro atoms. The number of rotatable bonds is 4. The Kier molecular flexibility index (Phi) is 6.35. The number of guanidine groups is 1. The van der Waals surface area contributed by atoms with E-state index >= 15 is 0 Å². The first-order valence-corrected chi connectivity index (χ1v) is 7.87. The highest BCUT2D eigenvalue weighted by atomic mass is 127. The maximum absolute atomic E-state index is 6.06. The summed E-state index contributed by atoms with van der Waals surface area (Å²) in [6, 6.07) is 10.6. The van der Waals surface area contributed by atoms with Gasteiger partial charge in [-0.25, -0.2) is 0 Å². The molecule has 23 heavy (non-hydrogen) atoms. The van der Waals surface area contributed by atoms with E-state index in [9.17, 15) is 0 Å². The minimum absolute atomic E-state index is 0. The Morgan fingerprint density at radius 1 is 1.39 bits per heavy atom. The molecule has 2 atom stereocenters. The van der Waals surface area contributed by atoms with Crippen LogP contribution in [-0.4, -0.2) is 23.6 Å². The maximum atomic E-state index is 6.06. The minimum atomic E-state index is 0. The lowest BCUT2D eigenvalue weighted by Gasteiger charge is -2.11. The molecule has 2 unspecified atom stereocenters. The molecule has 1 aliphatic rings. The van der Waals surface area contributed by atoms with Crippen molar-refractivity contribution in [3.63, 3.8) is 0 Å². The number of halogens is 2. The summed E-state index contributed by atoms with van der Waals surface area (Å²) in [5.41, 5.74) is 2.54. The van der Waals surface area contributed by atoms with Crippen LogP contribution in [0.1, 0.15) is 23.5 Å². The van der Waals surface area contributed by atoms with Gasteiger partial charge in [0.05, 0.1) is 0 Å². The van der Waals surface area contributed by atoms with E-state index in [-0.39, 0.29) is 24.0 Å². The van der Waals surface area contributed by atoms with Crippen LogP contribution >= 0.6 is 35.6 Å². The molecule has 0 aliphatic heterocycles. The van der Waals surface area contributed by atoms with E-state index in [1.165, 1.54) is 11.1 Å². The van der Waals surface area contributed by atoms with Gasteiger partial charge in [-0.15, -0.1) is 24.0 Å². The van der Waals surface area contributed by atoms with Crippen molar-refractivity contribution in [2.75, 3.05) is 7.05 Å². The molecule has 1 aromatic heterocycles. The monoisotopic (exact) mass is 444 g/mol. The Hall–Kier alpha value is -1.21. The van der Waals surface area contributed by atoms with E-state index in [4.69, 9.17) is 11.6 Å². The largest absolute Gasteiger partial charge is 0.357 e. The van der Waals surface area contributed by atoms with E-state index in [0.29, 0.717) is 12.0 Å². The molecule has 2 N–H and O–H groups in total. The molecule has 124 valence electrons. The molecule has 1 aliphatic carbocycles. The molecule has 4 nitrogen and oxygen atoms in total. The highest BCUT2D eigenvalue weighted by Gasteiger charge is 2.39. The fourth-order valence-corrected chi connectivity index (χ4v) is 2.88. The highest BCUT2D eigenvalue weighted by Crippen LogP contribution is 2.41. The molecule has 6 heteroatoms. The zero-order valence-electron chi connectivity index (χ0n) is 13.3. The molecule has 1 heterocycles. The van der Waals surface area contributed by atoms with Gasteiger partial charge in [0.25, 0.3) is 0 Å². The fraction of sp³-hybridized carbons (Fsp3) is 0.353. The van der Waals surface area contributed by atoms with Gasteiger partial charge in [-0.05, 0) is 35.7 Å². The van der Waals surface area contributed by atoms with Crippen LogP contribution in [0, 0.1) is 0 Å². The van der Waals surface area contributed by atoms with Crippen LogP contribution in [0.2, 0.25) is 5.02 Å². The Bertz CT molecular complexity index is 683. The SMILES string of the molecule is CN=C(NCc1ccn(C)c1)NC1CC1c1cccc(Cl)c1.I. The molecule has 0 amide bonds. The smallest absolute Gasteiger partial charge is 0.191 e. The van der Waals surface area contributed by atoms with Crippen molar-refractivity contribution >= 4 is 41.5 Å². The number of nitrogens with one attached hydrogen (secondary N) is 2. The van der Waals surface area contributed by atoms with Crippen LogP contribution in [0.5, 0.6) is 0 Å². The first-order valence-electron chi connectivity index (χ1n) is 7.49. The molecule has 0 radical (unpaired) electrons. The number of aryl methyl sites for hydroxylation is 1. The van der Waals surface area contributed by atoms with Gasteiger partial charge in [0.2, 0.25) is 0 Å². The number of hydrogen-bond donors (Lipinski definition) is 2. The second kappa shape index (κ2) is 8.06. The maximum Gasteiger partial charge on any atom is 0.191 e. The van der Waals surface area contributed by atoms with Crippen molar-refractivity contribution in [2.45, 2.75) is 24.9 Å². The lowest BCUT2D eigenvalue weighted by atomic mass is 10.1. The molecule has 1 aromatic carbocycles. The van der Waals surface area contributed by atoms with Crippen LogP contribution in [0.25, 0.3) is 0 Å². The summed E-state index contributed by atoms with van der Waals surface area (Å²) in [6.45, 7) is 0.773. The second-order valence-corrected chi connectivity index (χ2v) is 6.20. The van der Waals surface area contributed by atoms with Crippen LogP contribution < -0.4 is 10.6 Å². The summed E-state index contributed by atoms with van der Waals surface area (Å²) in [7, 11) is 3.83. The molecule has 0 saturated heterocycles. The van der Waals surface area contributed by atoms with Gasteiger partial charge in [-0.3, -0.25) is 4.99 Å². The number of nitrogens with zero attached hydrogens (tertiary/aromatic N) is 2. The molecule has 2 aromatic rings. The Morgan fingerprint density at radius 2 is 2.22 bits per heavy atom. The van der Waals surface area contributed by atoms with Crippen molar-refractivity contribution in [1.29, 1.82) is 0 Å². The highest BCUT2D eigenvalue weighted by molar-refractivity contribution is 14.0. The average Bonchev–Trinajstić information content (AvgIpc) is 3.16. The van der Waals surface area contributed by atoms with Crippen LogP contribution in [0.15, 0.2) is 47.7 Å². The van der Waals surface area contributed by atoms with Gasteiger partial charge in [0.15, 0.2) is 5.96 Å². The summed E-state index contributed by atoms with van der Waals surface area (Å²) in [5, 5.41) is 7.63. The summed E-state index contributed by atoms with van der Waals surface area (Å²) in [5.74, 6) is 1.37. The van der Waals surface area contributed by atoms with Gasteiger partial charge in [0.1, 0.15) is 0 Å². The van der Waals surface area contributed by atoms with Crippen molar-refractivity contribution in [1.82, 2.24) is 15.2 Å². The molecule has 1 saturated carbocycles. The normalized spacial score (nSPS) is 19.9. The van der Waals surface area contributed by atoms with Crippen LogP contribution in [0.3, 0.4) is 0 Å². The lowest BCUT2D eigenvalue weighted by Crippen LogP contribution is -2.38. The number of aliphatic imine (C=N–C) groups is 1. The molecule has 0 bridgehead atoms. The van der Waals surface area contributed by atoms with Crippen molar-refractivity contribution in [3.8, 4) is 0 Å². The minimum Gasteiger partial charge on any atom is -0.357 e. The van der Waals surface area contributed by atoms with Crippen LogP contribution in [-0.2, 0) is 13.6 Å². The summed E-state index contributed by atoms with van der Waals surface area (Å²) >= 11 is 6.06. The van der Waals surface area contributed by atoms with Gasteiger partial charge in [0, 0.05) is 50.0 Å². The van der Waals surface area contributed by atoms with E-state index in [0.717, 1.165) is 23.9 Å². The predicted octanol–water partition coefficient (Wildman–Crippen LogP) is 3.52. The topological polar surface area (TPSA) is 41.4 Å². The van der Waals surface area contributed by atoms with Gasteiger partial charge in [-0.1, -0.05) is 23.7 Å². The predicted molar refractivity (Wildman–Crippen MR) is 107 cm³/mol. The third-order valence-electron chi connectivity index (χ3n) is 3.97. The van der Waals surface area contributed by atoms with Crippen LogP contribution in [0.4, 0.5) is 0 Å². The van der Waals surface area contributed by atoms with Crippen molar-refractivity contribution in [3.05, 3.63) is 58.9 Å². The van der Waals surface area contributed by atoms with Gasteiger partial charge < -0.3 is 15.2 Å². The van der Waals surface area contributed by atoms with Gasteiger partial charge in [-0.2, -0.15) is 0 Å². The zero-order chi connectivity index (χ0) is 15.5. The standard InChI is InChI=1S/C17H21ClN4.HI/c1-19-17(20-10-12-6-7-22(2)11-12)21-16-9-15(16)13-4-3-5-14(18)8-13;/h3-8,11,15-16H,9-10H2,1-2H3,(H2,19,20,21);1H. The molecule has 1 fully saturated rings. The van der Waals surface area contributed by atoms with Crippen molar-refractivity contribution in [2.24, 2.45) is 12.0 Å². The Morgan fingerprint density at radius 3 is 2.87 bits per heavy atom. The zero-order valence-corrected chi connectivity index (χ0v) is 16.4. The summed E-state index contributed by atoms with van der Waals surface area (Å²) in [4.78, 5) is 4.30. The summed E-state index contributed by atoms with van der Waals surface area (Å²) in [6.07, 6.45) is 5.27. The first-order chi connectivity index (χ1) is 10.7. The Balaban J connectivity index is 0.00000192. The molecular formula is C17H22ClIN4. The average molecular weight is 445 g/mol. The third-order valence-corrected chi connectivity index (χ3v) is 4.20. The Labute approximate surface area is 159 Å². The number of hydrogen-bond acceptors (Lipinski definition) is 1. The van der Waals surface area contributed by atoms with E-state index in [2.05, 4.69) is 34.0 Å². The van der Waals surface area contributed by atoms with Gasteiger partial charge >= 0.3 is 0 Å². The molecule has 3 rings (SSSR count). The van der Waals surface area contributed by atoms with E-state index in [1.807, 2.05) is 36.0 Å². The van der Waals surface area contributed by atoms with E-state index in [1.54, 1.807) is 7.05 Å². The van der Waals surface area contributed by atoms with Crippen molar-refractivity contribution < 1.29 is 0 Å².